The smallest absolute Gasteiger partial charge is 0.146 e. The number of aromatic nitrogens is 3. The fourth-order valence-electron chi connectivity index (χ4n) is 2.31. The van der Waals surface area contributed by atoms with Crippen molar-refractivity contribution in [3.8, 4) is 0 Å². The maximum Gasteiger partial charge on any atom is 0.146 e. The number of hydrogen-bond acceptors (Lipinski definition) is 4. The van der Waals surface area contributed by atoms with E-state index in [1.165, 1.54) is 11.3 Å². The lowest BCUT2D eigenvalue weighted by atomic mass is 10.1. The molecule has 2 aromatic rings. The van der Waals surface area contributed by atoms with Gasteiger partial charge < -0.3 is 10.2 Å². The number of hydrogen-bond donors (Lipinski definition) is 1. The molecule has 114 valence electrons. The largest absolute Gasteiger partial charge is 0.378 e. The Bertz CT molecular complexity index is 586. The summed E-state index contributed by atoms with van der Waals surface area (Å²) in [5.74, 6) is 1.53. The summed E-state index contributed by atoms with van der Waals surface area (Å²) in [6.45, 7) is 8.07. The molecular weight excluding hydrogens is 262 g/mol. The molecule has 0 fully saturated rings. The van der Waals surface area contributed by atoms with E-state index >= 15 is 0 Å². The second-order valence-corrected chi connectivity index (χ2v) is 6.00. The minimum Gasteiger partial charge on any atom is -0.378 e. The van der Waals surface area contributed by atoms with E-state index in [-0.39, 0.29) is 0 Å². The monoisotopic (exact) mass is 287 g/mol. The highest BCUT2D eigenvalue weighted by molar-refractivity contribution is 5.61. The first-order valence-corrected chi connectivity index (χ1v) is 7.36. The van der Waals surface area contributed by atoms with E-state index in [1.54, 1.807) is 6.33 Å². The average Bonchev–Trinajstić information content (AvgIpc) is 2.84. The van der Waals surface area contributed by atoms with Crippen LogP contribution in [-0.4, -0.2) is 28.9 Å². The van der Waals surface area contributed by atoms with Crippen molar-refractivity contribution in [2.75, 3.05) is 24.3 Å². The van der Waals surface area contributed by atoms with Crippen molar-refractivity contribution in [1.82, 2.24) is 14.8 Å². The zero-order valence-electron chi connectivity index (χ0n) is 13.6. The molecule has 0 atom stereocenters. The standard InChI is InChI=1S/C16H25N5/c1-12(2)10-21-16(18-11-19-21)9-17-14-7-6-13(3)15(8-14)20(4)5/h6-8,11-12,17H,9-10H2,1-5H3. The first-order valence-electron chi connectivity index (χ1n) is 7.36. The van der Waals surface area contributed by atoms with Gasteiger partial charge in [-0.15, -0.1) is 0 Å². The molecule has 0 aliphatic rings. The quantitative estimate of drug-likeness (QED) is 0.887. The van der Waals surface area contributed by atoms with E-state index in [4.69, 9.17) is 0 Å². The van der Waals surface area contributed by atoms with Gasteiger partial charge in [-0.05, 0) is 30.5 Å². The second kappa shape index (κ2) is 6.61. The van der Waals surface area contributed by atoms with Gasteiger partial charge in [0.15, 0.2) is 0 Å². The summed E-state index contributed by atoms with van der Waals surface area (Å²) in [5, 5.41) is 7.72. The Balaban J connectivity index is 2.07. The van der Waals surface area contributed by atoms with Crippen LogP contribution in [0, 0.1) is 12.8 Å². The molecule has 5 nitrogen and oxygen atoms in total. The Hall–Kier alpha value is -2.04. The van der Waals surface area contributed by atoms with Gasteiger partial charge >= 0.3 is 0 Å². The lowest BCUT2D eigenvalue weighted by molar-refractivity contribution is 0.468. The van der Waals surface area contributed by atoms with Crippen LogP contribution in [0.5, 0.6) is 0 Å². The summed E-state index contributed by atoms with van der Waals surface area (Å²) >= 11 is 0. The Labute approximate surface area is 127 Å². The van der Waals surface area contributed by atoms with E-state index in [0.717, 1.165) is 18.1 Å². The van der Waals surface area contributed by atoms with Crippen molar-refractivity contribution >= 4 is 11.4 Å². The van der Waals surface area contributed by atoms with Crippen molar-refractivity contribution in [1.29, 1.82) is 0 Å². The Morgan fingerprint density at radius 1 is 1.29 bits per heavy atom. The summed E-state index contributed by atoms with van der Waals surface area (Å²) in [5.41, 5.74) is 3.60. The molecule has 0 saturated carbocycles. The number of anilines is 2. The fourth-order valence-corrected chi connectivity index (χ4v) is 2.31. The molecule has 21 heavy (non-hydrogen) atoms. The van der Waals surface area contributed by atoms with Crippen molar-refractivity contribution in [2.45, 2.75) is 33.9 Å². The Kier molecular flexibility index (Phi) is 4.83. The van der Waals surface area contributed by atoms with Crippen molar-refractivity contribution in [3.05, 3.63) is 35.9 Å². The number of aryl methyl sites for hydroxylation is 1. The topological polar surface area (TPSA) is 46.0 Å². The third-order valence-electron chi connectivity index (χ3n) is 3.38. The predicted octanol–water partition coefficient (Wildman–Crippen LogP) is 2.92. The third kappa shape index (κ3) is 3.97. The highest BCUT2D eigenvalue weighted by Crippen LogP contribution is 2.22. The van der Waals surface area contributed by atoms with Gasteiger partial charge in [-0.25, -0.2) is 9.67 Å². The molecule has 1 aromatic carbocycles. The van der Waals surface area contributed by atoms with Crippen LogP contribution in [0.15, 0.2) is 24.5 Å². The molecular formula is C16H25N5. The lowest BCUT2D eigenvalue weighted by Gasteiger charge is -2.17. The minimum absolute atomic E-state index is 0.560. The summed E-state index contributed by atoms with van der Waals surface area (Å²) in [6, 6.07) is 6.40. The normalized spacial score (nSPS) is 11.0. The molecule has 0 saturated heterocycles. The van der Waals surface area contributed by atoms with Gasteiger partial charge in [0.2, 0.25) is 0 Å². The molecule has 0 unspecified atom stereocenters. The van der Waals surface area contributed by atoms with Crippen LogP contribution in [0.3, 0.4) is 0 Å². The van der Waals surface area contributed by atoms with Crippen molar-refractivity contribution in [3.63, 3.8) is 0 Å². The molecule has 0 amide bonds. The average molecular weight is 287 g/mol. The molecule has 1 heterocycles. The zero-order chi connectivity index (χ0) is 15.4. The van der Waals surface area contributed by atoms with E-state index in [1.807, 2.05) is 4.68 Å². The first kappa shape index (κ1) is 15.4. The maximum atomic E-state index is 4.34. The molecule has 0 aliphatic carbocycles. The van der Waals surface area contributed by atoms with Gasteiger partial charge in [0.05, 0.1) is 6.54 Å². The number of benzene rings is 1. The van der Waals surface area contributed by atoms with E-state index in [9.17, 15) is 0 Å². The molecule has 0 spiro atoms. The highest BCUT2D eigenvalue weighted by Gasteiger charge is 2.07. The van der Waals surface area contributed by atoms with Crippen LogP contribution in [-0.2, 0) is 13.1 Å². The van der Waals surface area contributed by atoms with E-state index in [2.05, 4.69) is 73.4 Å². The summed E-state index contributed by atoms with van der Waals surface area (Å²) in [4.78, 5) is 6.47. The van der Waals surface area contributed by atoms with Gasteiger partial charge in [-0.2, -0.15) is 5.10 Å². The molecule has 0 aliphatic heterocycles. The first-order chi connectivity index (χ1) is 9.97. The Morgan fingerprint density at radius 2 is 2.05 bits per heavy atom. The van der Waals surface area contributed by atoms with Gasteiger partial charge in [-0.1, -0.05) is 19.9 Å². The summed E-state index contributed by atoms with van der Waals surface area (Å²) in [6.07, 6.45) is 1.62. The molecule has 2 rings (SSSR count). The zero-order valence-corrected chi connectivity index (χ0v) is 13.6. The van der Waals surface area contributed by atoms with Crippen LogP contribution in [0.4, 0.5) is 11.4 Å². The molecule has 0 radical (unpaired) electrons. The lowest BCUT2D eigenvalue weighted by Crippen LogP contribution is -2.14. The maximum absolute atomic E-state index is 4.34. The van der Waals surface area contributed by atoms with Crippen LogP contribution >= 0.6 is 0 Å². The van der Waals surface area contributed by atoms with Gasteiger partial charge in [0.1, 0.15) is 12.2 Å². The third-order valence-corrected chi connectivity index (χ3v) is 3.38. The van der Waals surface area contributed by atoms with Crippen LogP contribution in [0.2, 0.25) is 0 Å². The van der Waals surface area contributed by atoms with Crippen LogP contribution < -0.4 is 10.2 Å². The van der Waals surface area contributed by atoms with Gasteiger partial charge in [-0.3, -0.25) is 0 Å². The SMILES string of the molecule is Cc1ccc(NCc2ncnn2CC(C)C)cc1N(C)C. The summed E-state index contributed by atoms with van der Waals surface area (Å²) in [7, 11) is 4.12. The van der Waals surface area contributed by atoms with Crippen molar-refractivity contribution in [2.24, 2.45) is 5.92 Å². The molecule has 1 N–H and O–H groups in total. The predicted molar refractivity (Wildman–Crippen MR) is 87.7 cm³/mol. The number of nitrogens with one attached hydrogen (secondary N) is 1. The summed E-state index contributed by atoms with van der Waals surface area (Å²) < 4.78 is 1.97. The fraction of sp³-hybridized carbons (Fsp3) is 0.500. The molecule has 1 aromatic heterocycles. The van der Waals surface area contributed by atoms with E-state index < -0.39 is 0 Å². The van der Waals surface area contributed by atoms with E-state index in [0.29, 0.717) is 12.5 Å². The van der Waals surface area contributed by atoms with Crippen LogP contribution in [0.1, 0.15) is 25.2 Å². The highest BCUT2D eigenvalue weighted by atomic mass is 15.3. The number of rotatable bonds is 6. The van der Waals surface area contributed by atoms with Crippen molar-refractivity contribution < 1.29 is 0 Å². The minimum atomic E-state index is 0.560. The molecule has 0 bridgehead atoms. The molecule has 5 heteroatoms. The van der Waals surface area contributed by atoms with Gasteiger partial charge in [0, 0.05) is 32.0 Å². The Morgan fingerprint density at radius 3 is 2.71 bits per heavy atom. The number of nitrogens with zero attached hydrogens (tertiary/aromatic N) is 4. The van der Waals surface area contributed by atoms with Crippen LogP contribution in [0.25, 0.3) is 0 Å². The second-order valence-electron chi connectivity index (χ2n) is 6.00. The van der Waals surface area contributed by atoms with Gasteiger partial charge in [0.25, 0.3) is 0 Å².